The standard InChI is InChI=1S/C12H8F3NO3S/c13-12(14,15)9-2-1-3-10(17)16(9)6-7-4-5-8(20-7)11(18)19/h1-5H,6H2,(H,18,19). The van der Waals surface area contributed by atoms with Crippen LogP contribution in [-0.4, -0.2) is 15.6 Å². The fourth-order valence-corrected chi connectivity index (χ4v) is 2.50. The number of alkyl halides is 3. The van der Waals surface area contributed by atoms with Gasteiger partial charge < -0.3 is 5.11 Å². The fourth-order valence-electron chi connectivity index (χ4n) is 1.66. The molecule has 106 valence electrons. The fraction of sp³-hybridized carbons (Fsp3) is 0.167. The Morgan fingerprint density at radius 2 is 1.95 bits per heavy atom. The van der Waals surface area contributed by atoms with Crippen molar-refractivity contribution in [1.82, 2.24) is 4.57 Å². The van der Waals surface area contributed by atoms with Crippen LogP contribution >= 0.6 is 11.3 Å². The van der Waals surface area contributed by atoms with Crippen LogP contribution in [0.2, 0.25) is 0 Å². The lowest BCUT2D eigenvalue weighted by atomic mass is 10.3. The molecule has 1 N–H and O–H groups in total. The van der Waals surface area contributed by atoms with E-state index in [1.54, 1.807) is 0 Å². The molecule has 2 aromatic rings. The summed E-state index contributed by atoms with van der Waals surface area (Å²) in [7, 11) is 0. The topological polar surface area (TPSA) is 59.3 Å². The van der Waals surface area contributed by atoms with Crippen molar-refractivity contribution in [2.75, 3.05) is 0 Å². The molecule has 4 nitrogen and oxygen atoms in total. The van der Waals surface area contributed by atoms with Crippen molar-refractivity contribution in [3.8, 4) is 0 Å². The minimum absolute atomic E-state index is 0.0116. The van der Waals surface area contributed by atoms with E-state index in [1.165, 1.54) is 12.1 Å². The molecule has 0 bridgehead atoms. The lowest BCUT2D eigenvalue weighted by Gasteiger charge is -2.14. The first-order valence-corrected chi connectivity index (χ1v) is 6.20. The number of aromatic carboxylic acids is 1. The smallest absolute Gasteiger partial charge is 0.431 e. The lowest BCUT2D eigenvalue weighted by Crippen LogP contribution is -2.27. The van der Waals surface area contributed by atoms with Crippen molar-refractivity contribution in [3.05, 3.63) is 56.1 Å². The van der Waals surface area contributed by atoms with Gasteiger partial charge in [0.05, 0.1) is 6.54 Å². The molecular formula is C12H8F3NO3S. The van der Waals surface area contributed by atoms with Gasteiger partial charge in [-0.3, -0.25) is 9.36 Å². The van der Waals surface area contributed by atoms with Gasteiger partial charge in [-0.2, -0.15) is 13.2 Å². The minimum Gasteiger partial charge on any atom is -0.477 e. The second-order valence-electron chi connectivity index (χ2n) is 3.90. The zero-order valence-electron chi connectivity index (χ0n) is 9.85. The molecule has 0 saturated heterocycles. The van der Waals surface area contributed by atoms with E-state index in [2.05, 4.69) is 0 Å². The predicted molar refractivity (Wildman–Crippen MR) is 66.1 cm³/mol. The van der Waals surface area contributed by atoms with Crippen LogP contribution in [0.4, 0.5) is 13.2 Å². The molecular weight excluding hydrogens is 295 g/mol. The van der Waals surface area contributed by atoms with E-state index in [1.807, 2.05) is 0 Å². The maximum absolute atomic E-state index is 12.8. The van der Waals surface area contributed by atoms with Crippen LogP contribution in [0, 0.1) is 0 Å². The van der Waals surface area contributed by atoms with Gasteiger partial charge >= 0.3 is 12.1 Å². The van der Waals surface area contributed by atoms with Gasteiger partial charge in [0.25, 0.3) is 5.56 Å². The third-order valence-corrected chi connectivity index (χ3v) is 3.58. The van der Waals surface area contributed by atoms with Crippen molar-refractivity contribution >= 4 is 17.3 Å². The average Bonchev–Trinajstić information content (AvgIpc) is 2.79. The summed E-state index contributed by atoms with van der Waals surface area (Å²) < 4.78 is 39.0. The highest BCUT2D eigenvalue weighted by Crippen LogP contribution is 2.29. The number of carboxylic acid groups (broad SMARTS) is 1. The Hall–Kier alpha value is -2.09. The Balaban J connectivity index is 2.42. The number of pyridine rings is 1. The second kappa shape index (κ2) is 5.12. The Morgan fingerprint density at radius 1 is 1.25 bits per heavy atom. The summed E-state index contributed by atoms with van der Waals surface area (Å²) in [4.78, 5) is 22.7. The summed E-state index contributed by atoms with van der Waals surface area (Å²) in [6.45, 7) is -0.313. The zero-order chi connectivity index (χ0) is 14.9. The molecule has 2 rings (SSSR count). The van der Waals surface area contributed by atoms with Gasteiger partial charge in [-0.25, -0.2) is 4.79 Å². The van der Waals surface area contributed by atoms with Crippen LogP contribution < -0.4 is 5.56 Å². The molecule has 0 unspecified atom stereocenters. The Bertz CT molecular complexity index is 702. The van der Waals surface area contributed by atoms with Gasteiger partial charge in [0.1, 0.15) is 10.6 Å². The normalized spacial score (nSPS) is 11.6. The molecule has 0 spiro atoms. The van der Waals surface area contributed by atoms with Gasteiger partial charge in [-0.05, 0) is 18.2 Å². The largest absolute Gasteiger partial charge is 0.477 e. The number of halogens is 3. The average molecular weight is 303 g/mol. The van der Waals surface area contributed by atoms with E-state index in [0.717, 1.165) is 29.5 Å². The Kier molecular flexibility index (Phi) is 3.67. The summed E-state index contributed by atoms with van der Waals surface area (Å²) in [5, 5.41) is 8.76. The molecule has 0 amide bonds. The number of carbonyl (C=O) groups is 1. The summed E-state index contributed by atoms with van der Waals surface area (Å²) in [5.41, 5.74) is -1.85. The first-order chi connectivity index (χ1) is 9.29. The van der Waals surface area contributed by atoms with Crippen LogP contribution in [0.3, 0.4) is 0 Å². The first kappa shape index (κ1) is 14.3. The molecule has 0 atom stereocenters. The molecule has 0 aliphatic rings. The van der Waals surface area contributed by atoms with Gasteiger partial charge in [0.15, 0.2) is 0 Å². The molecule has 0 radical (unpaired) electrons. The monoisotopic (exact) mass is 303 g/mol. The molecule has 0 aliphatic carbocycles. The number of hydrogen-bond donors (Lipinski definition) is 1. The highest BCUT2D eigenvalue weighted by Gasteiger charge is 2.34. The van der Waals surface area contributed by atoms with E-state index in [9.17, 15) is 22.8 Å². The van der Waals surface area contributed by atoms with E-state index in [-0.39, 0.29) is 11.4 Å². The summed E-state index contributed by atoms with van der Waals surface area (Å²) in [6, 6.07) is 5.57. The number of aromatic nitrogens is 1. The Labute approximate surface area is 114 Å². The van der Waals surface area contributed by atoms with Crippen LogP contribution in [0.1, 0.15) is 20.2 Å². The molecule has 0 aliphatic heterocycles. The molecule has 8 heteroatoms. The number of hydrogen-bond acceptors (Lipinski definition) is 3. The van der Waals surface area contributed by atoms with Crippen molar-refractivity contribution in [2.45, 2.75) is 12.7 Å². The summed E-state index contributed by atoms with van der Waals surface area (Å²) >= 11 is 0.837. The SMILES string of the molecule is O=C(O)c1ccc(Cn2c(C(F)(F)F)cccc2=O)s1. The summed E-state index contributed by atoms with van der Waals surface area (Å²) in [5.74, 6) is -1.15. The van der Waals surface area contributed by atoms with Crippen molar-refractivity contribution in [2.24, 2.45) is 0 Å². The number of carboxylic acids is 1. The lowest BCUT2D eigenvalue weighted by molar-refractivity contribution is -0.144. The van der Waals surface area contributed by atoms with Crippen LogP contribution in [0.15, 0.2) is 35.1 Å². The maximum atomic E-state index is 12.8. The molecule has 0 saturated carbocycles. The molecule has 20 heavy (non-hydrogen) atoms. The predicted octanol–water partition coefficient (Wildman–Crippen LogP) is 2.68. The van der Waals surface area contributed by atoms with Crippen molar-refractivity contribution in [1.29, 1.82) is 0 Å². The summed E-state index contributed by atoms with van der Waals surface area (Å²) in [6.07, 6.45) is -4.65. The molecule has 2 heterocycles. The van der Waals surface area contributed by atoms with Gasteiger partial charge in [-0.15, -0.1) is 11.3 Å². The van der Waals surface area contributed by atoms with Crippen LogP contribution in [0.25, 0.3) is 0 Å². The molecule has 0 aromatic carbocycles. The number of rotatable bonds is 3. The number of nitrogens with zero attached hydrogens (tertiary/aromatic N) is 1. The number of thiophene rings is 1. The zero-order valence-corrected chi connectivity index (χ0v) is 10.7. The maximum Gasteiger partial charge on any atom is 0.431 e. The molecule has 0 fully saturated rings. The minimum atomic E-state index is -4.65. The highest BCUT2D eigenvalue weighted by atomic mass is 32.1. The van der Waals surface area contributed by atoms with E-state index >= 15 is 0 Å². The van der Waals surface area contributed by atoms with Crippen molar-refractivity contribution < 1.29 is 23.1 Å². The van der Waals surface area contributed by atoms with Crippen LogP contribution in [0.5, 0.6) is 0 Å². The Morgan fingerprint density at radius 3 is 2.50 bits per heavy atom. The van der Waals surface area contributed by atoms with Crippen LogP contribution in [-0.2, 0) is 12.7 Å². The second-order valence-corrected chi connectivity index (χ2v) is 5.07. The third kappa shape index (κ3) is 2.90. The van der Waals surface area contributed by atoms with E-state index in [0.29, 0.717) is 9.44 Å². The van der Waals surface area contributed by atoms with Gasteiger partial charge in [0.2, 0.25) is 0 Å². The van der Waals surface area contributed by atoms with Crippen molar-refractivity contribution in [3.63, 3.8) is 0 Å². The first-order valence-electron chi connectivity index (χ1n) is 5.38. The van der Waals surface area contributed by atoms with E-state index in [4.69, 9.17) is 5.11 Å². The van der Waals surface area contributed by atoms with E-state index < -0.39 is 23.4 Å². The third-order valence-electron chi connectivity index (χ3n) is 2.53. The molecule has 2 aromatic heterocycles. The highest BCUT2D eigenvalue weighted by molar-refractivity contribution is 7.13. The quantitative estimate of drug-likeness (QED) is 0.948. The van der Waals surface area contributed by atoms with Gasteiger partial charge in [0, 0.05) is 10.9 Å². The van der Waals surface area contributed by atoms with Gasteiger partial charge in [-0.1, -0.05) is 6.07 Å².